The number of ether oxygens (including phenoxy) is 2. The summed E-state index contributed by atoms with van der Waals surface area (Å²) < 4.78 is 16.1. The lowest BCUT2D eigenvalue weighted by Crippen LogP contribution is -2.34. The van der Waals surface area contributed by atoms with E-state index >= 15 is 0 Å². The van der Waals surface area contributed by atoms with Gasteiger partial charge in [-0.1, -0.05) is 20.8 Å². The second-order valence-electron chi connectivity index (χ2n) is 9.04. The van der Waals surface area contributed by atoms with Gasteiger partial charge in [-0.3, -0.25) is 0 Å². The number of carbonyl (C=O) groups is 1. The smallest absolute Gasteiger partial charge is 0.338 e. The first-order valence-electron chi connectivity index (χ1n) is 10.7. The molecule has 7 nitrogen and oxygen atoms in total. The summed E-state index contributed by atoms with van der Waals surface area (Å²) in [6.07, 6.45) is 4.42. The molecular formula is C23H33N3O4. The van der Waals surface area contributed by atoms with E-state index in [9.17, 15) is 4.79 Å². The summed E-state index contributed by atoms with van der Waals surface area (Å²) in [6, 6.07) is 5.48. The Morgan fingerprint density at radius 3 is 2.60 bits per heavy atom. The molecular weight excluding hydrogens is 382 g/mol. The Kier molecular flexibility index (Phi) is 7.00. The number of nitrogens with zero attached hydrogens (tertiary/aromatic N) is 3. The highest BCUT2D eigenvalue weighted by Crippen LogP contribution is 2.27. The number of anilines is 1. The molecule has 1 fully saturated rings. The van der Waals surface area contributed by atoms with E-state index < -0.39 is 0 Å². The first kappa shape index (κ1) is 22.1. The van der Waals surface area contributed by atoms with Gasteiger partial charge in [0.05, 0.1) is 19.3 Å². The predicted octanol–water partition coefficient (Wildman–Crippen LogP) is 4.54. The van der Waals surface area contributed by atoms with Crippen LogP contribution in [0.1, 0.15) is 68.3 Å². The fraction of sp³-hybridized carbons (Fsp3) is 0.609. The van der Waals surface area contributed by atoms with Crippen LogP contribution in [0.5, 0.6) is 5.75 Å². The topological polar surface area (TPSA) is 77.7 Å². The van der Waals surface area contributed by atoms with E-state index in [2.05, 4.69) is 35.8 Å². The molecule has 3 rings (SSSR count). The molecule has 0 saturated carbocycles. The van der Waals surface area contributed by atoms with E-state index in [4.69, 9.17) is 14.0 Å². The molecule has 0 spiro atoms. The van der Waals surface area contributed by atoms with Crippen molar-refractivity contribution in [3.63, 3.8) is 0 Å². The zero-order chi connectivity index (χ0) is 21.7. The van der Waals surface area contributed by atoms with Gasteiger partial charge in [-0.05, 0) is 67.4 Å². The van der Waals surface area contributed by atoms with Gasteiger partial charge in [0, 0.05) is 18.5 Å². The standard InChI is InChI=1S/C23H33N3O4/c1-16-15-18(8-9-19(16)20(27)28-5)29-14-6-7-17-10-12-26(13-11-17)22-24-21(30-25-22)23(2,3)4/h8-9,15,17H,6-7,10-14H2,1-5H3. The van der Waals surface area contributed by atoms with E-state index in [0.29, 0.717) is 29.9 Å². The minimum absolute atomic E-state index is 0.123. The van der Waals surface area contributed by atoms with Crippen molar-refractivity contribution in [1.82, 2.24) is 10.1 Å². The van der Waals surface area contributed by atoms with E-state index in [0.717, 1.165) is 50.1 Å². The summed E-state index contributed by atoms with van der Waals surface area (Å²) in [7, 11) is 1.39. The quantitative estimate of drug-likeness (QED) is 0.485. The number of hydrogen-bond donors (Lipinski definition) is 0. The molecule has 7 heteroatoms. The molecule has 0 radical (unpaired) electrons. The van der Waals surface area contributed by atoms with Gasteiger partial charge in [0.25, 0.3) is 5.95 Å². The maximum absolute atomic E-state index is 11.7. The molecule has 1 saturated heterocycles. The molecule has 0 aliphatic carbocycles. The number of hydrogen-bond acceptors (Lipinski definition) is 7. The van der Waals surface area contributed by atoms with Crippen LogP contribution in [0.3, 0.4) is 0 Å². The molecule has 1 aliphatic heterocycles. The summed E-state index contributed by atoms with van der Waals surface area (Å²) in [5.41, 5.74) is 1.32. The molecule has 1 aromatic heterocycles. The molecule has 164 valence electrons. The molecule has 0 bridgehead atoms. The zero-order valence-electron chi connectivity index (χ0n) is 18.7. The van der Waals surface area contributed by atoms with Gasteiger partial charge < -0.3 is 18.9 Å². The van der Waals surface area contributed by atoms with Crippen molar-refractivity contribution in [3.05, 3.63) is 35.2 Å². The van der Waals surface area contributed by atoms with E-state index in [1.807, 2.05) is 19.1 Å². The minimum atomic E-state index is -0.319. The van der Waals surface area contributed by atoms with Gasteiger partial charge >= 0.3 is 5.97 Å². The number of methoxy groups -OCH3 is 1. The van der Waals surface area contributed by atoms with E-state index in [1.165, 1.54) is 7.11 Å². The Morgan fingerprint density at radius 1 is 1.27 bits per heavy atom. The molecule has 2 heterocycles. The van der Waals surface area contributed by atoms with Gasteiger partial charge in [0.1, 0.15) is 5.75 Å². The van der Waals surface area contributed by atoms with Crippen LogP contribution in [0.15, 0.2) is 22.7 Å². The lowest BCUT2D eigenvalue weighted by atomic mass is 9.92. The van der Waals surface area contributed by atoms with Crippen LogP contribution in [-0.2, 0) is 10.2 Å². The minimum Gasteiger partial charge on any atom is -0.494 e. The van der Waals surface area contributed by atoms with Gasteiger partial charge in [-0.25, -0.2) is 4.79 Å². The van der Waals surface area contributed by atoms with Crippen molar-refractivity contribution in [1.29, 1.82) is 0 Å². The van der Waals surface area contributed by atoms with Crippen molar-refractivity contribution < 1.29 is 18.8 Å². The third-order valence-corrected chi connectivity index (χ3v) is 5.58. The Morgan fingerprint density at radius 2 is 2.00 bits per heavy atom. The average molecular weight is 416 g/mol. The van der Waals surface area contributed by atoms with Crippen LogP contribution in [0.4, 0.5) is 5.95 Å². The Balaban J connectivity index is 1.39. The van der Waals surface area contributed by atoms with E-state index in [-0.39, 0.29) is 11.4 Å². The molecule has 0 unspecified atom stereocenters. The van der Waals surface area contributed by atoms with Crippen LogP contribution in [0.2, 0.25) is 0 Å². The highest BCUT2D eigenvalue weighted by molar-refractivity contribution is 5.91. The summed E-state index contributed by atoms with van der Waals surface area (Å²) >= 11 is 0. The SMILES string of the molecule is COC(=O)c1ccc(OCCCC2CCN(c3noc(C(C)(C)C)n3)CC2)cc1C. The fourth-order valence-electron chi connectivity index (χ4n) is 3.70. The Labute approximate surface area is 178 Å². The number of aromatic nitrogens is 2. The van der Waals surface area contributed by atoms with Gasteiger partial charge in [0.15, 0.2) is 0 Å². The molecule has 1 aromatic carbocycles. The van der Waals surface area contributed by atoms with Crippen LogP contribution >= 0.6 is 0 Å². The van der Waals surface area contributed by atoms with Crippen LogP contribution in [0.25, 0.3) is 0 Å². The molecule has 0 amide bonds. The Hall–Kier alpha value is -2.57. The van der Waals surface area contributed by atoms with Crippen LogP contribution in [-0.4, -0.2) is 42.9 Å². The summed E-state index contributed by atoms with van der Waals surface area (Å²) in [6.45, 7) is 10.7. The van der Waals surface area contributed by atoms with E-state index in [1.54, 1.807) is 6.07 Å². The molecule has 30 heavy (non-hydrogen) atoms. The number of rotatable bonds is 7. The second kappa shape index (κ2) is 9.49. The van der Waals surface area contributed by atoms with Crippen molar-refractivity contribution in [2.75, 3.05) is 31.7 Å². The van der Waals surface area contributed by atoms with Crippen LogP contribution in [0, 0.1) is 12.8 Å². The van der Waals surface area contributed by atoms with Crippen molar-refractivity contribution in [2.24, 2.45) is 5.92 Å². The third-order valence-electron chi connectivity index (χ3n) is 5.58. The van der Waals surface area contributed by atoms with Gasteiger partial charge in [-0.15, -0.1) is 0 Å². The summed E-state index contributed by atoms with van der Waals surface area (Å²) in [5.74, 6) is 2.57. The summed E-state index contributed by atoms with van der Waals surface area (Å²) in [5, 5.41) is 4.16. The first-order valence-corrected chi connectivity index (χ1v) is 10.7. The third kappa shape index (κ3) is 5.52. The number of benzene rings is 1. The van der Waals surface area contributed by atoms with Crippen molar-refractivity contribution in [3.8, 4) is 5.75 Å². The van der Waals surface area contributed by atoms with Crippen LogP contribution < -0.4 is 9.64 Å². The lowest BCUT2D eigenvalue weighted by Gasteiger charge is -2.30. The monoisotopic (exact) mass is 415 g/mol. The Bertz CT molecular complexity index is 848. The molecule has 0 N–H and O–H groups in total. The number of carbonyl (C=O) groups excluding carboxylic acids is 1. The second-order valence-corrected chi connectivity index (χ2v) is 9.04. The largest absolute Gasteiger partial charge is 0.494 e. The van der Waals surface area contributed by atoms with Gasteiger partial charge in [0.2, 0.25) is 5.89 Å². The maximum Gasteiger partial charge on any atom is 0.338 e. The molecule has 1 aliphatic rings. The highest BCUT2D eigenvalue weighted by atomic mass is 16.5. The number of aryl methyl sites for hydroxylation is 1. The first-order chi connectivity index (χ1) is 14.3. The molecule has 0 atom stereocenters. The zero-order valence-corrected chi connectivity index (χ0v) is 18.7. The predicted molar refractivity (Wildman–Crippen MR) is 115 cm³/mol. The van der Waals surface area contributed by atoms with Crippen molar-refractivity contribution >= 4 is 11.9 Å². The van der Waals surface area contributed by atoms with Crippen molar-refractivity contribution in [2.45, 2.75) is 58.8 Å². The number of piperidine rings is 1. The van der Waals surface area contributed by atoms with Gasteiger partial charge in [-0.2, -0.15) is 4.98 Å². The fourth-order valence-corrected chi connectivity index (χ4v) is 3.70. The maximum atomic E-state index is 11.7. The molecule has 2 aromatic rings. The highest BCUT2D eigenvalue weighted by Gasteiger charge is 2.26. The summed E-state index contributed by atoms with van der Waals surface area (Å²) in [4.78, 5) is 18.4. The normalized spacial score (nSPS) is 15.3. The lowest BCUT2D eigenvalue weighted by molar-refractivity contribution is 0.0600. The number of esters is 1. The average Bonchev–Trinajstić information content (AvgIpc) is 3.22.